The van der Waals surface area contributed by atoms with Gasteiger partial charge in [-0.25, -0.2) is 9.97 Å². The topological polar surface area (TPSA) is 25.8 Å². The molecule has 1 saturated carbocycles. The lowest BCUT2D eigenvalue weighted by Crippen LogP contribution is -1.97. The maximum Gasteiger partial charge on any atom is 0.118 e. The van der Waals surface area contributed by atoms with E-state index >= 15 is 0 Å². The van der Waals surface area contributed by atoms with Gasteiger partial charge in [0.1, 0.15) is 16.0 Å². The fraction of sp³-hybridized carbons (Fsp3) is 0.600. The molecule has 0 N–H and O–H groups in total. The van der Waals surface area contributed by atoms with Crippen LogP contribution >= 0.6 is 27.7 Å². The highest BCUT2D eigenvalue weighted by molar-refractivity contribution is 9.10. The van der Waals surface area contributed by atoms with Crippen LogP contribution in [0.5, 0.6) is 0 Å². The van der Waals surface area contributed by atoms with Crippen molar-refractivity contribution in [2.45, 2.75) is 30.7 Å². The summed E-state index contributed by atoms with van der Waals surface area (Å²) in [6, 6.07) is 1.99. The van der Waals surface area contributed by atoms with Crippen molar-refractivity contribution in [1.82, 2.24) is 9.97 Å². The first-order valence-electron chi connectivity index (χ1n) is 4.95. The van der Waals surface area contributed by atoms with Gasteiger partial charge in [-0.2, -0.15) is 0 Å². The molecule has 0 bridgehead atoms. The number of nitrogens with zero attached hydrogens (tertiary/aromatic N) is 2. The Balaban J connectivity index is 1.85. The molecular weight excluding hydrogens is 260 g/mol. The Morgan fingerprint density at radius 1 is 1.36 bits per heavy atom. The second kappa shape index (κ2) is 5.12. The molecule has 1 aliphatic rings. The molecule has 2 nitrogen and oxygen atoms in total. The lowest BCUT2D eigenvalue weighted by Gasteiger charge is -2.06. The molecule has 0 saturated heterocycles. The highest BCUT2D eigenvalue weighted by Crippen LogP contribution is 2.30. The highest BCUT2D eigenvalue weighted by atomic mass is 79.9. The fourth-order valence-electron chi connectivity index (χ4n) is 1.78. The van der Waals surface area contributed by atoms with Gasteiger partial charge in [0, 0.05) is 11.8 Å². The third-order valence-corrected chi connectivity index (χ3v) is 4.14. The number of rotatable bonds is 3. The Kier molecular flexibility index (Phi) is 3.81. The quantitative estimate of drug-likeness (QED) is 0.622. The predicted molar refractivity (Wildman–Crippen MR) is 62.4 cm³/mol. The van der Waals surface area contributed by atoms with Gasteiger partial charge in [-0.05, 0) is 34.7 Å². The van der Waals surface area contributed by atoms with Crippen molar-refractivity contribution in [3.8, 4) is 0 Å². The number of aromatic nitrogens is 2. The Hall–Kier alpha value is -0.0900. The third kappa shape index (κ3) is 2.95. The zero-order chi connectivity index (χ0) is 9.80. The van der Waals surface area contributed by atoms with Gasteiger partial charge in [0.25, 0.3) is 0 Å². The summed E-state index contributed by atoms with van der Waals surface area (Å²) < 4.78 is 0.876. The van der Waals surface area contributed by atoms with Crippen LogP contribution < -0.4 is 0 Å². The van der Waals surface area contributed by atoms with Gasteiger partial charge in [-0.3, -0.25) is 0 Å². The van der Waals surface area contributed by atoms with Crippen molar-refractivity contribution >= 4 is 27.7 Å². The van der Waals surface area contributed by atoms with Gasteiger partial charge >= 0.3 is 0 Å². The lowest BCUT2D eigenvalue weighted by atomic mass is 10.1. The van der Waals surface area contributed by atoms with Gasteiger partial charge < -0.3 is 0 Å². The van der Waals surface area contributed by atoms with E-state index in [9.17, 15) is 0 Å². The van der Waals surface area contributed by atoms with E-state index in [-0.39, 0.29) is 0 Å². The average molecular weight is 273 g/mol. The van der Waals surface area contributed by atoms with Crippen LogP contribution in [0.3, 0.4) is 0 Å². The summed E-state index contributed by atoms with van der Waals surface area (Å²) in [5.74, 6) is 2.12. The first-order valence-corrected chi connectivity index (χ1v) is 6.73. The molecule has 0 amide bonds. The zero-order valence-electron chi connectivity index (χ0n) is 7.95. The molecule has 0 radical (unpaired) electrons. The minimum atomic E-state index is 0.876. The lowest BCUT2D eigenvalue weighted by molar-refractivity contribution is 0.623. The summed E-state index contributed by atoms with van der Waals surface area (Å²) in [5.41, 5.74) is 0. The minimum absolute atomic E-state index is 0.876. The van der Waals surface area contributed by atoms with Crippen LogP contribution in [0.15, 0.2) is 22.0 Å². The third-order valence-electron chi connectivity index (χ3n) is 2.55. The van der Waals surface area contributed by atoms with E-state index in [2.05, 4.69) is 25.9 Å². The first-order chi connectivity index (χ1) is 6.84. The van der Waals surface area contributed by atoms with E-state index < -0.39 is 0 Å². The van der Waals surface area contributed by atoms with Crippen molar-refractivity contribution < 1.29 is 0 Å². The molecule has 14 heavy (non-hydrogen) atoms. The predicted octanol–water partition coefficient (Wildman–Crippen LogP) is 3.52. The molecule has 0 spiro atoms. The molecule has 1 aromatic heterocycles. The Labute approximate surface area is 97.0 Å². The summed E-state index contributed by atoms with van der Waals surface area (Å²) in [4.78, 5) is 8.23. The Morgan fingerprint density at radius 2 is 2.14 bits per heavy atom. The molecule has 2 rings (SSSR count). The van der Waals surface area contributed by atoms with Gasteiger partial charge in [0.2, 0.25) is 0 Å². The normalized spacial score (nSPS) is 17.5. The van der Waals surface area contributed by atoms with Crippen molar-refractivity contribution in [2.75, 3.05) is 5.75 Å². The van der Waals surface area contributed by atoms with Crippen molar-refractivity contribution in [3.05, 3.63) is 17.0 Å². The number of halogens is 1. The zero-order valence-corrected chi connectivity index (χ0v) is 10.4. The van der Waals surface area contributed by atoms with E-state index in [1.807, 2.05) is 17.8 Å². The molecule has 1 aliphatic carbocycles. The molecule has 76 valence electrons. The molecule has 4 heteroatoms. The van der Waals surface area contributed by atoms with Gasteiger partial charge in [-0.1, -0.05) is 12.8 Å². The molecular formula is C10H13BrN2S. The maximum atomic E-state index is 4.22. The van der Waals surface area contributed by atoms with E-state index in [4.69, 9.17) is 0 Å². The van der Waals surface area contributed by atoms with Gasteiger partial charge in [-0.15, -0.1) is 11.8 Å². The van der Waals surface area contributed by atoms with E-state index in [0.29, 0.717) is 0 Å². The first kappa shape index (κ1) is 10.4. The van der Waals surface area contributed by atoms with Crippen LogP contribution in [0.2, 0.25) is 0 Å². The average Bonchev–Trinajstić information content (AvgIpc) is 2.67. The van der Waals surface area contributed by atoms with Crippen LogP contribution in [0.25, 0.3) is 0 Å². The number of hydrogen-bond donors (Lipinski definition) is 0. The van der Waals surface area contributed by atoms with Crippen LogP contribution in [0.4, 0.5) is 0 Å². The Morgan fingerprint density at radius 3 is 2.86 bits per heavy atom. The SMILES string of the molecule is Brc1cc(SCC2CCCC2)ncn1. The van der Waals surface area contributed by atoms with Gasteiger partial charge in [0.15, 0.2) is 0 Å². The van der Waals surface area contributed by atoms with E-state index in [0.717, 1.165) is 15.5 Å². The summed E-state index contributed by atoms with van der Waals surface area (Å²) in [6.07, 6.45) is 7.25. The van der Waals surface area contributed by atoms with E-state index in [1.165, 1.54) is 31.4 Å². The van der Waals surface area contributed by atoms with Crippen LogP contribution in [0.1, 0.15) is 25.7 Å². The monoisotopic (exact) mass is 272 g/mol. The molecule has 0 aliphatic heterocycles. The molecule has 0 atom stereocenters. The van der Waals surface area contributed by atoms with Crippen LogP contribution in [-0.2, 0) is 0 Å². The summed E-state index contributed by atoms with van der Waals surface area (Å²) in [7, 11) is 0. The molecule has 0 unspecified atom stereocenters. The molecule has 1 heterocycles. The number of hydrogen-bond acceptors (Lipinski definition) is 3. The van der Waals surface area contributed by atoms with Crippen LogP contribution in [0, 0.1) is 5.92 Å². The Bertz CT molecular complexity index is 300. The largest absolute Gasteiger partial charge is 0.230 e. The highest BCUT2D eigenvalue weighted by Gasteiger charge is 2.15. The fourth-order valence-corrected chi connectivity index (χ4v) is 3.29. The molecule has 1 fully saturated rings. The van der Waals surface area contributed by atoms with Gasteiger partial charge in [0.05, 0.1) is 0 Å². The maximum absolute atomic E-state index is 4.22. The van der Waals surface area contributed by atoms with Crippen LogP contribution in [-0.4, -0.2) is 15.7 Å². The van der Waals surface area contributed by atoms with Crippen molar-refractivity contribution in [1.29, 1.82) is 0 Å². The molecule has 0 aromatic carbocycles. The molecule has 1 aromatic rings. The summed E-state index contributed by atoms with van der Waals surface area (Å²) in [5, 5.41) is 1.08. The standard InChI is InChI=1S/C10H13BrN2S/c11-9-5-10(13-7-12-9)14-6-8-3-1-2-4-8/h5,7-8H,1-4,6H2. The van der Waals surface area contributed by atoms with E-state index in [1.54, 1.807) is 6.33 Å². The van der Waals surface area contributed by atoms with Crippen molar-refractivity contribution in [3.63, 3.8) is 0 Å². The summed E-state index contributed by atoms with van der Waals surface area (Å²) in [6.45, 7) is 0. The second-order valence-electron chi connectivity index (χ2n) is 3.64. The second-order valence-corrected chi connectivity index (χ2v) is 5.49. The smallest absolute Gasteiger partial charge is 0.118 e. The minimum Gasteiger partial charge on any atom is -0.230 e. The van der Waals surface area contributed by atoms with Crippen molar-refractivity contribution in [2.24, 2.45) is 5.92 Å². The number of thioether (sulfide) groups is 1. The summed E-state index contributed by atoms with van der Waals surface area (Å²) >= 11 is 5.20.